The lowest BCUT2D eigenvalue weighted by molar-refractivity contribution is 0.186. The van der Waals surface area contributed by atoms with Gasteiger partial charge in [0, 0.05) is 9.52 Å². The quantitative estimate of drug-likeness (QED) is 0.678. The molecule has 124 valence electrons. The van der Waals surface area contributed by atoms with Crippen LogP contribution in [0, 0.1) is 23.2 Å². The van der Waals surface area contributed by atoms with E-state index >= 15 is 0 Å². The SMILES string of the molecule is CC[SiH2]C1CCC(C2CCC(c3ccc(C#N)cc3)CC2)CC1. The largest absolute Gasteiger partial charge is 0.192 e. The molecule has 0 saturated heterocycles. The Balaban J connectivity index is 1.48. The van der Waals surface area contributed by atoms with Crippen LogP contribution in [0.3, 0.4) is 0 Å². The molecular weight excluding hydrogens is 294 g/mol. The molecule has 0 radical (unpaired) electrons. The van der Waals surface area contributed by atoms with E-state index in [1.165, 1.54) is 55.7 Å². The zero-order valence-electron chi connectivity index (χ0n) is 14.6. The molecule has 2 saturated carbocycles. The minimum atomic E-state index is 0.253. The second-order valence-corrected chi connectivity index (χ2v) is 10.6. The van der Waals surface area contributed by atoms with Crippen molar-refractivity contribution in [3.63, 3.8) is 0 Å². The Morgan fingerprint density at radius 1 is 0.913 bits per heavy atom. The minimum Gasteiger partial charge on any atom is -0.192 e. The highest BCUT2D eigenvalue weighted by Crippen LogP contribution is 2.44. The van der Waals surface area contributed by atoms with Crippen LogP contribution >= 0.6 is 0 Å². The first-order valence-corrected chi connectivity index (χ1v) is 11.6. The molecule has 2 aliphatic carbocycles. The van der Waals surface area contributed by atoms with Crippen LogP contribution in [0.2, 0.25) is 11.6 Å². The highest BCUT2D eigenvalue weighted by molar-refractivity contribution is 6.37. The third kappa shape index (κ3) is 4.26. The van der Waals surface area contributed by atoms with E-state index in [-0.39, 0.29) is 9.52 Å². The van der Waals surface area contributed by atoms with E-state index < -0.39 is 0 Å². The van der Waals surface area contributed by atoms with Gasteiger partial charge in [-0.3, -0.25) is 0 Å². The number of hydrogen-bond acceptors (Lipinski definition) is 1. The van der Waals surface area contributed by atoms with Crippen LogP contribution < -0.4 is 0 Å². The Bertz CT molecular complexity index is 514. The number of nitriles is 1. The van der Waals surface area contributed by atoms with Crippen molar-refractivity contribution < 1.29 is 0 Å². The average molecular weight is 326 g/mol. The standard InChI is InChI=1S/C21H31NSi/c1-2-23-21-13-11-20(12-14-21)19-9-7-18(8-10-19)17-5-3-16(15-22)4-6-17/h3-6,18-21H,2,7-14,23H2,1H3. The van der Waals surface area contributed by atoms with Crippen LogP contribution in [0.15, 0.2) is 24.3 Å². The molecule has 1 nitrogen and oxygen atoms in total. The zero-order chi connectivity index (χ0) is 16.1. The van der Waals surface area contributed by atoms with E-state index in [1.54, 1.807) is 12.8 Å². The van der Waals surface area contributed by atoms with Gasteiger partial charge in [-0.25, -0.2) is 0 Å². The number of rotatable bonds is 4. The number of hydrogen-bond donors (Lipinski definition) is 0. The van der Waals surface area contributed by atoms with Gasteiger partial charge in [-0.2, -0.15) is 5.26 Å². The molecule has 0 N–H and O–H groups in total. The predicted molar refractivity (Wildman–Crippen MR) is 101 cm³/mol. The first-order chi connectivity index (χ1) is 11.3. The van der Waals surface area contributed by atoms with Gasteiger partial charge in [-0.15, -0.1) is 0 Å². The van der Waals surface area contributed by atoms with Gasteiger partial charge >= 0.3 is 0 Å². The van der Waals surface area contributed by atoms with Gasteiger partial charge in [0.25, 0.3) is 0 Å². The smallest absolute Gasteiger partial charge is 0.0991 e. The molecule has 0 unspecified atom stereocenters. The molecule has 0 amide bonds. The van der Waals surface area contributed by atoms with Crippen LogP contribution in [0.4, 0.5) is 0 Å². The fraction of sp³-hybridized carbons (Fsp3) is 0.667. The first kappa shape index (κ1) is 16.8. The van der Waals surface area contributed by atoms with E-state index in [0.717, 1.165) is 23.3 Å². The second kappa shape index (κ2) is 8.15. The van der Waals surface area contributed by atoms with Gasteiger partial charge in [-0.1, -0.05) is 56.3 Å². The normalized spacial score (nSPS) is 32.0. The van der Waals surface area contributed by atoms with Gasteiger partial charge in [0.05, 0.1) is 11.6 Å². The Morgan fingerprint density at radius 2 is 1.48 bits per heavy atom. The summed E-state index contributed by atoms with van der Waals surface area (Å²) < 4.78 is 0. The lowest BCUT2D eigenvalue weighted by Gasteiger charge is -2.38. The van der Waals surface area contributed by atoms with Crippen molar-refractivity contribution >= 4 is 9.52 Å². The van der Waals surface area contributed by atoms with Gasteiger partial charge in [-0.05, 0) is 61.1 Å². The van der Waals surface area contributed by atoms with Crippen molar-refractivity contribution in [1.29, 1.82) is 5.26 Å². The molecule has 1 aromatic rings. The maximum Gasteiger partial charge on any atom is 0.0991 e. The highest BCUT2D eigenvalue weighted by Gasteiger charge is 2.31. The molecule has 0 aliphatic heterocycles. The summed E-state index contributed by atoms with van der Waals surface area (Å²) >= 11 is 0. The van der Waals surface area contributed by atoms with Crippen LogP contribution in [0.5, 0.6) is 0 Å². The van der Waals surface area contributed by atoms with Crippen molar-refractivity contribution in [2.45, 2.75) is 75.8 Å². The van der Waals surface area contributed by atoms with E-state index in [1.807, 2.05) is 12.1 Å². The fourth-order valence-electron chi connectivity index (χ4n) is 5.11. The molecule has 2 fully saturated rings. The summed E-state index contributed by atoms with van der Waals surface area (Å²) in [5, 5.41) is 8.92. The summed E-state index contributed by atoms with van der Waals surface area (Å²) in [7, 11) is 0.253. The Morgan fingerprint density at radius 3 is 2.00 bits per heavy atom. The van der Waals surface area contributed by atoms with Gasteiger partial charge in [0.15, 0.2) is 0 Å². The maximum absolute atomic E-state index is 8.92. The monoisotopic (exact) mass is 325 g/mol. The van der Waals surface area contributed by atoms with E-state index in [4.69, 9.17) is 5.26 Å². The van der Waals surface area contributed by atoms with Gasteiger partial charge < -0.3 is 0 Å². The molecular formula is C21H31NSi. The summed E-state index contributed by atoms with van der Waals surface area (Å²) in [6.45, 7) is 2.39. The molecule has 0 aromatic heterocycles. The summed E-state index contributed by atoms with van der Waals surface area (Å²) in [5.74, 6) is 2.79. The third-order valence-corrected chi connectivity index (χ3v) is 8.75. The van der Waals surface area contributed by atoms with Crippen LogP contribution in [0.25, 0.3) is 0 Å². The van der Waals surface area contributed by atoms with Gasteiger partial charge in [0.1, 0.15) is 0 Å². The predicted octanol–water partition coefficient (Wildman–Crippen LogP) is 5.42. The van der Waals surface area contributed by atoms with E-state index in [0.29, 0.717) is 0 Å². The Kier molecular flexibility index (Phi) is 5.95. The fourth-order valence-corrected chi connectivity index (χ4v) is 6.98. The maximum atomic E-state index is 8.92. The molecule has 23 heavy (non-hydrogen) atoms. The lowest BCUT2D eigenvalue weighted by atomic mass is 9.70. The Hall–Kier alpha value is -1.07. The highest BCUT2D eigenvalue weighted by atomic mass is 28.2. The van der Waals surface area contributed by atoms with Crippen molar-refractivity contribution in [3.8, 4) is 6.07 Å². The van der Waals surface area contributed by atoms with Crippen molar-refractivity contribution in [2.75, 3.05) is 0 Å². The third-order valence-electron chi connectivity index (χ3n) is 6.54. The molecule has 2 heteroatoms. The van der Waals surface area contributed by atoms with Crippen LogP contribution in [0.1, 0.15) is 75.3 Å². The summed E-state index contributed by atoms with van der Waals surface area (Å²) in [6.07, 6.45) is 11.8. The van der Waals surface area contributed by atoms with Crippen LogP contribution in [-0.2, 0) is 0 Å². The summed E-state index contributed by atoms with van der Waals surface area (Å²) in [5.41, 5.74) is 3.42. The topological polar surface area (TPSA) is 23.8 Å². The van der Waals surface area contributed by atoms with Crippen LogP contribution in [-0.4, -0.2) is 9.52 Å². The number of benzene rings is 1. The summed E-state index contributed by atoms with van der Waals surface area (Å²) in [4.78, 5) is 0. The minimum absolute atomic E-state index is 0.253. The van der Waals surface area contributed by atoms with Crippen molar-refractivity contribution in [1.82, 2.24) is 0 Å². The van der Waals surface area contributed by atoms with E-state index in [9.17, 15) is 0 Å². The van der Waals surface area contributed by atoms with Crippen molar-refractivity contribution in [3.05, 3.63) is 35.4 Å². The molecule has 3 rings (SSSR count). The summed E-state index contributed by atoms with van der Waals surface area (Å²) in [6, 6.07) is 12.1. The molecule has 0 bridgehead atoms. The first-order valence-electron chi connectivity index (χ1n) is 9.80. The average Bonchev–Trinajstić information content (AvgIpc) is 2.63. The molecule has 1 aromatic carbocycles. The lowest BCUT2D eigenvalue weighted by Crippen LogP contribution is -2.25. The second-order valence-electron chi connectivity index (χ2n) is 7.91. The van der Waals surface area contributed by atoms with Gasteiger partial charge in [0.2, 0.25) is 0 Å². The van der Waals surface area contributed by atoms with E-state index in [2.05, 4.69) is 25.1 Å². The molecule has 0 spiro atoms. The zero-order valence-corrected chi connectivity index (χ0v) is 16.1. The molecule has 0 heterocycles. The molecule has 0 atom stereocenters. The Labute approximate surface area is 144 Å². The van der Waals surface area contributed by atoms with Crippen molar-refractivity contribution in [2.24, 2.45) is 11.8 Å². The number of nitrogens with zero attached hydrogens (tertiary/aromatic N) is 1. The molecule has 2 aliphatic rings.